The number of benzene rings is 3. The average Bonchev–Trinajstić information content (AvgIpc) is 2.87. The minimum absolute atomic E-state index is 0.620. The van der Waals surface area contributed by atoms with Gasteiger partial charge in [0.2, 0.25) is 0 Å². The van der Waals surface area contributed by atoms with Gasteiger partial charge in [0.05, 0.1) is 33.8 Å². The van der Waals surface area contributed by atoms with Gasteiger partial charge in [-0.05, 0) is 54.4 Å². The Bertz CT molecular complexity index is 1330. The minimum Gasteiger partial charge on any atom is -0.493 e. The number of rotatable bonds is 8. The molecule has 0 saturated carbocycles. The van der Waals surface area contributed by atoms with Crippen LogP contribution in [-0.4, -0.2) is 35.0 Å². The van der Waals surface area contributed by atoms with E-state index in [0.717, 1.165) is 39.6 Å². The van der Waals surface area contributed by atoms with Crippen molar-refractivity contribution in [1.82, 2.24) is 0 Å². The zero-order chi connectivity index (χ0) is 23.2. The third-order valence-corrected chi connectivity index (χ3v) is 5.45. The molecule has 0 aliphatic carbocycles. The topological polar surface area (TPSA) is 62.4 Å². The maximum atomic E-state index is 6.20. The molecule has 0 radical (unpaired) electrons. The summed E-state index contributed by atoms with van der Waals surface area (Å²) in [5.41, 5.74) is 2.78. The lowest BCUT2D eigenvalue weighted by atomic mass is 10.1. The molecule has 0 aliphatic rings. The van der Waals surface area contributed by atoms with E-state index >= 15 is 0 Å². The van der Waals surface area contributed by atoms with Crippen LogP contribution < -0.4 is 24.3 Å². The van der Waals surface area contributed by atoms with E-state index < -0.39 is 0 Å². The van der Waals surface area contributed by atoms with Crippen LogP contribution in [0.1, 0.15) is 5.56 Å². The molecule has 6 heteroatoms. The molecule has 0 amide bonds. The number of para-hydroxylation sites is 1. The summed E-state index contributed by atoms with van der Waals surface area (Å²) in [4.78, 5) is 4.90. The number of fused-ring (bicyclic) bond motifs is 1. The van der Waals surface area contributed by atoms with Gasteiger partial charge >= 0.3 is 0 Å². The zero-order valence-corrected chi connectivity index (χ0v) is 19.3. The molecule has 0 saturated heterocycles. The Morgan fingerprint density at radius 3 is 2.09 bits per heavy atom. The fraction of sp³-hybridized carbons (Fsp3) is 0.222. The second kappa shape index (κ2) is 10.1. The quantitative estimate of drug-likeness (QED) is 0.369. The first kappa shape index (κ1) is 22.3. The Hall–Kier alpha value is -3.93. The maximum Gasteiger partial charge on any atom is 0.161 e. The normalized spacial score (nSPS) is 11.5. The van der Waals surface area contributed by atoms with Gasteiger partial charge in [0.1, 0.15) is 11.3 Å². The molecular weight excluding hydrogens is 418 g/mol. The van der Waals surface area contributed by atoms with E-state index in [1.807, 2.05) is 66.7 Å². The van der Waals surface area contributed by atoms with Crippen molar-refractivity contribution in [2.24, 2.45) is 4.99 Å². The molecule has 4 aromatic rings. The molecule has 0 bridgehead atoms. The highest BCUT2D eigenvalue weighted by Gasteiger charge is 2.10. The maximum absolute atomic E-state index is 6.20. The molecule has 3 aromatic carbocycles. The Morgan fingerprint density at radius 1 is 0.697 bits per heavy atom. The first-order chi connectivity index (χ1) is 16.2. The van der Waals surface area contributed by atoms with Crippen molar-refractivity contribution in [3.63, 3.8) is 0 Å². The molecule has 0 spiro atoms. The highest BCUT2D eigenvalue weighted by Crippen LogP contribution is 2.33. The van der Waals surface area contributed by atoms with Crippen LogP contribution in [0.25, 0.3) is 22.3 Å². The van der Waals surface area contributed by atoms with Gasteiger partial charge < -0.3 is 23.4 Å². The summed E-state index contributed by atoms with van der Waals surface area (Å²) in [6.45, 7) is 0.620. The van der Waals surface area contributed by atoms with E-state index in [4.69, 9.17) is 28.4 Å². The molecule has 4 rings (SSSR count). The Morgan fingerprint density at radius 2 is 1.36 bits per heavy atom. The fourth-order valence-corrected chi connectivity index (χ4v) is 3.72. The van der Waals surface area contributed by atoms with Crippen molar-refractivity contribution in [2.75, 3.05) is 35.0 Å². The van der Waals surface area contributed by atoms with E-state index in [-0.39, 0.29) is 0 Å². The fourth-order valence-electron chi connectivity index (χ4n) is 3.72. The highest BCUT2D eigenvalue weighted by atomic mass is 16.5. The van der Waals surface area contributed by atoms with Crippen molar-refractivity contribution in [2.45, 2.75) is 6.42 Å². The molecule has 0 N–H and O–H groups in total. The van der Waals surface area contributed by atoms with Crippen LogP contribution >= 0.6 is 0 Å². The molecule has 6 nitrogen and oxygen atoms in total. The molecule has 1 aromatic heterocycles. The van der Waals surface area contributed by atoms with Gasteiger partial charge in [-0.2, -0.15) is 0 Å². The van der Waals surface area contributed by atoms with E-state index in [2.05, 4.69) is 0 Å². The Kier molecular flexibility index (Phi) is 6.83. The number of hydrogen-bond donors (Lipinski definition) is 0. The summed E-state index contributed by atoms with van der Waals surface area (Å²) < 4.78 is 27.7. The van der Waals surface area contributed by atoms with Crippen molar-refractivity contribution >= 4 is 11.0 Å². The summed E-state index contributed by atoms with van der Waals surface area (Å²) in [7, 11) is 6.51. The lowest BCUT2D eigenvalue weighted by Gasteiger charge is -2.10. The molecule has 170 valence electrons. The van der Waals surface area contributed by atoms with Crippen LogP contribution in [0.5, 0.6) is 23.0 Å². The first-order valence-corrected chi connectivity index (χ1v) is 10.6. The zero-order valence-electron chi connectivity index (χ0n) is 19.3. The van der Waals surface area contributed by atoms with Crippen LogP contribution in [0.15, 0.2) is 76.1 Å². The van der Waals surface area contributed by atoms with Gasteiger partial charge in [-0.15, -0.1) is 0 Å². The first-order valence-electron chi connectivity index (χ1n) is 10.6. The van der Waals surface area contributed by atoms with Gasteiger partial charge in [-0.25, -0.2) is 0 Å². The number of hydrogen-bond acceptors (Lipinski definition) is 6. The van der Waals surface area contributed by atoms with E-state index in [1.54, 1.807) is 28.4 Å². The third-order valence-electron chi connectivity index (χ3n) is 5.45. The van der Waals surface area contributed by atoms with Crippen LogP contribution in [0.3, 0.4) is 0 Å². The summed E-state index contributed by atoms with van der Waals surface area (Å²) in [6, 6.07) is 21.5. The SMILES string of the molecule is COc1ccc(CCN=c2cc(-c3ccc(OC)c(OC)c3)oc3ccccc23)cc1OC. The third kappa shape index (κ3) is 4.80. The summed E-state index contributed by atoms with van der Waals surface area (Å²) in [6.07, 6.45) is 0.770. The number of ether oxygens (including phenoxy) is 4. The summed E-state index contributed by atoms with van der Waals surface area (Å²) in [5, 5.41) is 1.84. The van der Waals surface area contributed by atoms with Gasteiger partial charge in [-0.3, -0.25) is 4.99 Å². The predicted molar refractivity (Wildman–Crippen MR) is 128 cm³/mol. The van der Waals surface area contributed by atoms with Crippen LogP contribution in [0, 0.1) is 0 Å². The van der Waals surface area contributed by atoms with Crippen molar-refractivity contribution in [3.8, 4) is 34.3 Å². The van der Waals surface area contributed by atoms with Crippen LogP contribution in [0.4, 0.5) is 0 Å². The van der Waals surface area contributed by atoms with Crippen molar-refractivity contribution in [3.05, 3.63) is 77.7 Å². The second-order valence-electron chi connectivity index (χ2n) is 7.38. The lowest BCUT2D eigenvalue weighted by molar-refractivity contribution is 0.354. The average molecular weight is 446 g/mol. The predicted octanol–water partition coefficient (Wildman–Crippen LogP) is 5.28. The van der Waals surface area contributed by atoms with E-state index in [0.29, 0.717) is 29.6 Å². The summed E-state index contributed by atoms with van der Waals surface area (Å²) >= 11 is 0. The smallest absolute Gasteiger partial charge is 0.161 e. The largest absolute Gasteiger partial charge is 0.493 e. The lowest BCUT2D eigenvalue weighted by Crippen LogP contribution is -2.06. The van der Waals surface area contributed by atoms with Crippen LogP contribution in [0.2, 0.25) is 0 Å². The monoisotopic (exact) mass is 445 g/mol. The standard InChI is InChI=1S/C27H27NO5/c1-29-23-11-9-18(15-26(23)31-3)13-14-28-21-17-25(33-22-8-6-5-7-20(21)22)19-10-12-24(30-2)27(16-19)32-4/h5-12,15-17H,13-14H2,1-4H3. The van der Waals surface area contributed by atoms with Gasteiger partial charge in [0.25, 0.3) is 0 Å². The summed E-state index contributed by atoms with van der Waals surface area (Å²) in [5.74, 6) is 3.45. The van der Waals surface area contributed by atoms with Gasteiger partial charge in [0, 0.05) is 23.6 Å². The molecule has 0 aliphatic heterocycles. The van der Waals surface area contributed by atoms with Gasteiger partial charge in [0.15, 0.2) is 23.0 Å². The molecular formula is C27H27NO5. The molecule has 33 heavy (non-hydrogen) atoms. The molecule has 1 heterocycles. The van der Waals surface area contributed by atoms with Gasteiger partial charge in [-0.1, -0.05) is 18.2 Å². The minimum atomic E-state index is 0.620. The second-order valence-corrected chi connectivity index (χ2v) is 7.38. The number of methoxy groups -OCH3 is 4. The molecule has 0 atom stereocenters. The Labute approximate surface area is 193 Å². The van der Waals surface area contributed by atoms with E-state index in [9.17, 15) is 0 Å². The van der Waals surface area contributed by atoms with Crippen molar-refractivity contribution < 1.29 is 23.4 Å². The van der Waals surface area contributed by atoms with Crippen molar-refractivity contribution in [1.29, 1.82) is 0 Å². The Balaban J connectivity index is 1.69. The molecule has 0 unspecified atom stereocenters. The highest BCUT2D eigenvalue weighted by molar-refractivity contribution is 5.78. The van der Waals surface area contributed by atoms with E-state index in [1.165, 1.54) is 0 Å². The van der Waals surface area contributed by atoms with Crippen LogP contribution in [-0.2, 0) is 6.42 Å². The number of nitrogens with zero attached hydrogens (tertiary/aromatic N) is 1. The molecule has 0 fully saturated rings.